The lowest BCUT2D eigenvalue weighted by Crippen LogP contribution is -2.54. The van der Waals surface area contributed by atoms with Crippen molar-refractivity contribution in [2.24, 2.45) is 5.92 Å². The minimum absolute atomic E-state index is 0.0814. The lowest BCUT2D eigenvalue weighted by molar-refractivity contribution is -0.132. The van der Waals surface area contributed by atoms with Crippen LogP contribution in [0.15, 0.2) is 0 Å². The van der Waals surface area contributed by atoms with Crippen molar-refractivity contribution >= 4 is 34.7 Å². The topological polar surface area (TPSA) is 61.4 Å². The molecular formula is C18H36IN3O2. The Labute approximate surface area is 162 Å². The van der Waals surface area contributed by atoms with Gasteiger partial charge in [-0.2, -0.15) is 0 Å². The predicted octanol–water partition coefficient (Wildman–Crippen LogP) is 3.66. The van der Waals surface area contributed by atoms with E-state index < -0.39 is 6.04 Å². The van der Waals surface area contributed by atoms with Crippen LogP contribution in [0.5, 0.6) is 0 Å². The summed E-state index contributed by atoms with van der Waals surface area (Å²) in [5.41, 5.74) is 0. The van der Waals surface area contributed by atoms with E-state index in [0.29, 0.717) is 6.04 Å². The van der Waals surface area contributed by atoms with Crippen molar-refractivity contribution in [3.05, 3.63) is 0 Å². The summed E-state index contributed by atoms with van der Waals surface area (Å²) in [4.78, 5) is 24.6. The standard InChI is InChI=1S/C18H36IN3O2/c1-7-9-11-15(12-10-8-2)21-16(13(3)4)17(23)20-14(5)18(24)22(6)19/h13-16,21H,7-12H2,1-6H3,(H,20,23)/t14-,16-/m0/s1. The zero-order valence-electron chi connectivity index (χ0n) is 16.2. The number of carbonyl (C=O) groups is 2. The molecule has 0 fully saturated rings. The first-order valence-electron chi connectivity index (χ1n) is 9.24. The van der Waals surface area contributed by atoms with Gasteiger partial charge in [-0.05, 0) is 25.7 Å². The van der Waals surface area contributed by atoms with Crippen LogP contribution in [0.25, 0.3) is 0 Å². The summed E-state index contributed by atoms with van der Waals surface area (Å²) < 4.78 is 1.48. The zero-order valence-corrected chi connectivity index (χ0v) is 18.4. The molecule has 24 heavy (non-hydrogen) atoms. The van der Waals surface area contributed by atoms with Crippen molar-refractivity contribution in [3.8, 4) is 0 Å². The fourth-order valence-corrected chi connectivity index (χ4v) is 3.09. The Morgan fingerprint density at radius 1 is 1.04 bits per heavy atom. The highest BCUT2D eigenvalue weighted by atomic mass is 127. The number of unbranched alkanes of at least 4 members (excludes halogenated alkanes) is 2. The van der Waals surface area contributed by atoms with Gasteiger partial charge in [0.05, 0.1) is 28.9 Å². The number of hydrogen-bond donors (Lipinski definition) is 2. The number of rotatable bonds is 12. The fraction of sp³-hybridized carbons (Fsp3) is 0.889. The summed E-state index contributed by atoms with van der Waals surface area (Å²) in [6.45, 7) is 10.2. The Kier molecular flexibility index (Phi) is 12.7. The summed E-state index contributed by atoms with van der Waals surface area (Å²) in [5, 5.41) is 6.42. The van der Waals surface area contributed by atoms with E-state index in [4.69, 9.17) is 0 Å². The van der Waals surface area contributed by atoms with Gasteiger partial charge in [-0.3, -0.25) is 12.7 Å². The summed E-state index contributed by atoms with van der Waals surface area (Å²) in [6.07, 6.45) is 6.85. The van der Waals surface area contributed by atoms with E-state index in [0.717, 1.165) is 25.7 Å². The summed E-state index contributed by atoms with van der Waals surface area (Å²) >= 11 is 1.93. The van der Waals surface area contributed by atoms with E-state index in [1.807, 2.05) is 36.7 Å². The summed E-state index contributed by atoms with van der Waals surface area (Å²) in [5.74, 6) is -0.00236. The van der Waals surface area contributed by atoms with E-state index >= 15 is 0 Å². The van der Waals surface area contributed by atoms with Gasteiger partial charge >= 0.3 is 0 Å². The molecule has 0 radical (unpaired) electrons. The number of nitrogens with one attached hydrogen (secondary N) is 2. The Bertz CT molecular complexity index is 367. The van der Waals surface area contributed by atoms with Crippen LogP contribution < -0.4 is 10.6 Å². The Hall–Kier alpha value is -0.370. The molecule has 0 spiro atoms. The van der Waals surface area contributed by atoms with Gasteiger partial charge in [0.1, 0.15) is 6.04 Å². The lowest BCUT2D eigenvalue weighted by Gasteiger charge is -2.29. The Balaban J connectivity index is 4.84. The monoisotopic (exact) mass is 453 g/mol. The molecule has 0 saturated carbocycles. The molecule has 0 aromatic rings. The van der Waals surface area contributed by atoms with Crippen molar-refractivity contribution in [3.63, 3.8) is 0 Å². The second-order valence-corrected chi connectivity index (χ2v) is 8.36. The smallest absolute Gasteiger partial charge is 0.253 e. The van der Waals surface area contributed by atoms with E-state index in [-0.39, 0.29) is 23.8 Å². The van der Waals surface area contributed by atoms with Crippen LogP contribution in [0.2, 0.25) is 0 Å². The summed E-state index contributed by atoms with van der Waals surface area (Å²) in [7, 11) is 1.69. The Morgan fingerprint density at radius 2 is 1.54 bits per heavy atom. The molecule has 0 heterocycles. The van der Waals surface area contributed by atoms with Crippen LogP contribution in [0.1, 0.15) is 73.1 Å². The minimum atomic E-state index is -0.507. The molecule has 2 N–H and O–H groups in total. The van der Waals surface area contributed by atoms with Gasteiger partial charge in [0.2, 0.25) is 5.91 Å². The minimum Gasteiger partial charge on any atom is -0.343 e. The van der Waals surface area contributed by atoms with Crippen LogP contribution in [-0.4, -0.2) is 40.1 Å². The molecule has 0 bridgehead atoms. The molecule has 0 aliphatic carbocycles. The fourth-order valence-electron chi connectivity index (χ4n) is 2.67. The summed E-state index contributed by atoms with van der Waals surface area (Å²) in [6, 6.07) is -0.410. The normalized spacial score (nSPS) is 13.9. The van der Waals surface area contributed by atoms with Gasteiger partial charge in [-0.1, -0.05) is 53.4 Å². The number of hydrogen-bond acceptors (Lipinski definition) is 3. The molecule has 5 nitrogen and oxygen atoms in total. The predicted molar refractivity (Wildman–Crippen MR) is 109 cm³/mol. The molecular weight excluding hydrogens is 417 g/mol. The van der Waals surface area contributed by atoms with Crippen LogP contribution in [0, 0.1) is 5.92 Å². The van der Waals surface area contributed by atoms with E-state index in [1.54, 1.807) is 14.0 Å². The first-order valence-corrected chi connectivity index (χ1v) is 10.2. The van der Waals surface area contributed by atoms with E-state index in [2.05, 4.69) is 24.5 Å². The molecule has 0 aliphatic rings. The third-order valence-corrected chi connectivity index (χ3v) is 4.69. The van der Waals surface area contributed by atoms with Gasteiger partial charge < -0.3 is 10.6 Å². The number of nitrogens with zero attached hydrogens (tertiary/aromatic N) is 1. The largest absolute Gasteiger partial charge is 0.343 e. The average molecular weight is 453 g/mol. The number of amides is 2. The van der Waals surface area contributed by atoms with Crippen LogP contribution >= 0.6 is 22.9 Å². The number of carbonyl (C=O) groups excluding carboxylic acids is 2. The SMILES string of the molecule is CCCCC(CCCC)N[C@H](C(=O)N[C@@H](C)C(=O)N(C)I)C(C)C. The number of halogens is 1. The second-order valence-electron chi connectivity index (χ2n) is 6.92. The molecule has 2 atom stereocenters. The first-order chi connectivity index (χ1) is 11.2. The van der Waals surface area contributed by atoms with Gasteiger partial charge in [0, 0.05) is 13.1 Å². The van der Waals surface area contributed by atoms with Gasteiger partial charge in [-0.15, -0.1) is 0 Å². The van der Waals surface area contributed by atoms with Crippen LogP contribution in [0.3, 0.4) is 0 Å². The molecule has 0 saturated heterocycles. The quantitative estimate of drug-likeness (QED) is 0.350. The first kappa shape index (κ1) is 23.6. The third kappa shape index (κ3) is 9.20. The maximum Gasteiger partial charge on any atom is 0.253 e. The third-order valence-electron chi connectivity index (χ3n) is 4.21. The number of likely N-dealkylation sites (N-methyl/N-ethyl adjacent to an activating group) is 1. The van der Waals surface area contributed by atoms with Crippen molar-refractivity contribution < 1.29 is 9.59 Å². The Morgan fingerprint density at radius 3 is 1.92 bits per heavy atom. The zero-order chi connectivity index (χ0) is 18.7. The lowest BCUT2D eigenvalue weighted by atomic mass is 9.97. The molecule has 2 amide bonds. The van der Waals surface area contributed by atoms with Crippen molar-refractivity contribution in [2.75, 3.05) is 7.05 Å². The molecule has 6 heteroatoms. The van der Waals surface area contributed by atoms with E-state index in [9.17, 15) is 9.59 Å². The molecule has 0 rings (SSSR count). The van der Waals surface area contributed by atoms with Crippen molar-refractivity contribution in [2.45, 2.75) is 91.3 Å². The molecule has 0 aliphatic heterocycles. The van der Waals surface area contributed by atoms with Crippen LogP contribution in [0.4, 0.5) is 0 Å². The van der Waals surface area contributed by atoms with Gasteiger partial charge in [-0.25, -0.2) is 0 Å². The second kappa shape index (κ2) is 12.9. The molecule has 0 aromatic heterocycles. The van der Waals surface area contributed by atoms with Crippen molar-refractivity contribution in [1.82, 2.24) is 13.7 Å². The van der Waals surface area contributed by atoms with E-state index in [1.165, 1.54) is 16.0 Å². The highest BCUT2D eigenvalue weighted by molar-refractivity contribution is 14.1. The maximum atomic E-state index is 12.7. The molecule has 0 unspecified atom stereocenters. The molecule has 0 aromatic carbocycles. The van der Waals surface area contributed by atoms with Gasteiger partial charge in [0.25, 0.3) is 5.91 Å². The van der Waals surface area contributed by atoms with Crippen molar-refractivity contribution in [1.29, 1.82) is 0 Å². The maximum absolute atomic E-state index is 12.7. The highest BCUT2D eigenvalue weighted by Crippen LogP contribution is 2.13. The molecule has 142 valence electrons. The van der Waals surface area contributed by atoms with Gasteiger partial charge in [0.15, 0.2) is 0 Å². The average Bonchev–Trinajstić information content (AvgIpc) is 2.52. The van der Waals surface area contributed by atoms with Crippen LogP contribution in [-0.2, 0) is 9.59 Å². The highest BCUT2D eigenvalue weighted by Gasteiger charge is 2.27.